The first-order valence-corrected chi connectivity index (χ1v) is 19.4. The van der Waals surface area contributed by atoms with E-state index in [0.29, 0.717) is 31.7 Å². The standard InChI is InChI=1S/C29H39N4O9PS2/c1-18-9-19(2)14-32(13-18)44(38,39)17-22-5-7-25-26(11-22)28(30-34)24-8-6-23(12-27(24)29(25)31-42-43(35,36)37)45(40,41)33-15-20(3)10-21(4)16-33/h5-8,11-12,18-21,31H,9-10,13-17H2,1-4H3,(H2,35,36,37). The molecule has 13 nitrogen and oxygen atoms in total. The van der Waals surface area contributed by atoms with Crippen molar-refractivity contribution in [3.63, 3.8) is 0 Å². The first-order valence-electron chi connectivity index (χ1n) is 14.8. The fraction of sp³-hybridized carbons (Fsp3) is 0.517. The Balaban J connectivity index is 1.64. The van der Waals surface area contributed by atoms with Gasteiger partial charge in [0.15, 0.2) is 0 Å². The summed E-state index contributed by atoms with van der Waals surface area (Å²) in [5.41, 5.74) is 2.57. The van der Waals surface area contributed by atoms with Crippen LogP contribution in [-0.2, 0) is 35.0 Å². The third-order valence-corrected chi connectivity index (χ3v) is 12.5. The molecule has 2 aliphatic rings. The lowest BCUT2D eigenvalue weighted by atomic mass is 9.94. The topological polar surface area (TPSA) is 183 Å². The second kappa shape index (κ2) is 12.6. The zero-order valence-electron chi connectivity index (χ0n) is 25.6. The number of piperidine rings is 2. The average Bonchev–Trinajstić information content (AvgIpc) is 2.93. The van der Waals surface area contributed by atoms with Crippen LogP contribution in [0.4, 0.5) is 11.4 Å². The van der Waals surface area contributed by atoms with Gasteiger partial charge in [0, 0.05) is 47.7 Å². The molecule has 3 aromatic carbocycles. The minimum atomic E-state index is -5.06. The lowest BCUT2D eigenvalue weighted by molar-refractivity contribution is 0.222. The zero-order valence-corrected chi connectivity index (χ0v) is 28.1. The zero-order chi connectivity index (χ0) is 32.9. The molecule has 2 fully saturated rings. The molecule has 2 aliphatic heterocycles. The quantitative estimate of drug-likeness (QED) is 0.116. The van der Waals surface area contributed by atoms with Gasteiger partial charge in [0.1, 0.15) is 5.69 Å². The monoisotopic (exact) mass is 682 g/mol. The van der Waals surface area contributed by atoms with E-state index in [2.05, 4.69) is 15.3 Å². The van der Waals surface area contributed by atoms with Crippen molar-refractivity contribution in [3.8, 4) is 0 Å². The number of fused-ring (bicyclic) bond motifs is 2. The first kappa shape index (κ1) is 33.9. The summed E-state index contributed by atoms with van der Waals surface area (Å²) in [5.74, 6) is 0.426. The summed E-state index contributed by atoms with van der Waals surface area (Å²) in [6.45, 7) is 9.52. The minimum absolute atomic E-state index is 0.0127. The Morgan fingerprint density at radius 1 is 0.822 bits per heavy atom. The maximum absolute atomic E-state index is 13.7. The summed E-state index contributed by atoms with van der Waals surface area (Å²) in [7, 11) is -12.7. The van der Waals surface area contributed by atoms with Gasteiger partial charge in [-0.3, -0.25) is 5.48 Å². The fourth-order valence-electron chi connectivity index (χ4n) is 6.88. The number of anilines is 1. The van der Waals surface area contributed by atoms with E-state index in [9.17, 15) is 36.1 Å². The van der Waals surface area contributed by atoms with E-state index in [-0.39, 0.29) is 67.2 Å². The highest BCUT2D eigenvalue weighted by Gasteiger charge is 2.33. The molecule has 5 rings (SSSR count). The molecule has 3 N–H and O–H groups in total. The van der Waals surface area contributed by atoms with Gasteiger partial charge in [-0.05, 0) is 65.5 Å². The highest BCUT2D eigenvalue weighted by atomic mass is 32.2. The largest absolute Gasteiger partial charge is 0.491 e. The Morgan fingerprint density at radius 2 is 1.38 bits per heavy atom. The molecule has 0 saturated carbocycles. The van der Waals surface area contributed by atoms with Crippen molar-refractivity contribution in [3.05, 3.63) is 46.9 Å². The Labute approximate surface area is 263 Å². The van der Waals surface area contributed by atoms with Crippen molar-refractivity contribution in [1.82, 2.24) is 8.61 Å². The number of hydrogen-bond donors (Lipinski definition) is 3. The van der Waals surface area contributed by atoms with E-state index in [1.807, 2.05) is 27.7 Å². The van der Waals surface area contributed by atoms with Gasteiger partial charge in [-0.25, -0.2) is 25.7 Å². The summed E-state index contributed by atoms with van der Waals surface area (Å²) < 4.78 is 73.4. The van der Waals surface area contributed by atoms with Crippen LogP contribution >= 0.6 is 7.82 Å². The van der Waals surface area contributed by atoms with E-state index in [1.165, 1.54) is 45.0 Å². The van der Waals surface area contributed by atoms with Crippen LogP contribution in [0.25, 0.3) is 21.5 Å². The van der Waals surface area contributed by atoms with Crippen molar-refractivity contribution in [2.75, 3.05) is 31.7 Å². The number of rotatable bonds is 9. The van der Waals surface area contributed by atoms with Gasteiger partial charge >= 0.3 is 7.82 Å². The smallest absolute Gasteiger partial charge is 0.301 e. The summed E-state index contributed by atoms with van der Waals surface area (Å²) in [6, 6.07) is 8.64. The van der Waals surface area contributed by atoms with Gasteiger partial charge in [-0.2, -0.15) is 8.93 Å². The van der Waals surface area contributed by atoms with Gasteiger partial charge in [0.25, 0.3) is 0 Å². The molecule has 0 radical (unpaired) electrons. The van der Waals surface area contributed by atoms with E-state index < -0.39 is 27.9 Å². The number of phosphoric acid groups is 1. The lowest BCUT2D eigenvalue weighted by Gasteiger charge is -2.34. The Bertz CT molecular complexity index is 1880. The fourth-order valence-corrected chi connectivity index (χ4v) is 10.5. The van der Waals surface area contributed by atoms with Gasteiger partial charge in [-0.1, -0.05) is 45.9 Å². The maximum Gasteiger partial charge on any atom is 0.491 e. The molecular weight excluding hydrogens is 643 g/mol. The molecule has 0 aliphatic carbocycles. The second-order valence-electron chi connectivity index (χ2n) is 12.9. The lowest BCUT2D eigenvalue weighted by Crippen LogP contribution is -2.43. The van der Waals surface area contributed by atoms with Crippen molar-refractivity contribution in [2.45, 2.75) is 51.2 Å². The summed E-state index contributed by atoms with van der Waals surface area (Å²) in [6.07, 6.45) is 1.84. The summed E-state index contributed by atoms with van der Waals surface area (Å²) >= 11 is 0. The number of nitrogens with one attached hydrogen (secondary N) is 1. The van der Waals surface area contributed by atoms with E-state index in [0.717, 1.165) is 12.8 Å². The highest BCUT2D eigenvalue weighted by Crippen LogP contribution is 2.45. The third kappa shape index (κ3) is 7.25. The van der Waals surface area contributed by atoms with Crippen LogP contribution in [0.1, 0.15) is 46.1 Å². The van der Waals surface area contributed by atoms with E-state index >= 15 is 0 Å². The van der Waals surface area contributed by atoms with E-state index in [1.54, 1.807) is 0 Å². The molecule has 0 bridgehead atoms. The maximum atomic E-state index is 13.7. The Hall–Kier alpha value is -2.49. The van der Waals surface area contributed by atoms with Gasteiger partial charge < -0.3 is 9.79 Å². The Morgan fingerprint density at radius 3 is 1.93 bits per heavy atom. The number of benzene rings is 3. The predicted molar refractivity (Wildman–Crippen MR) is 173 cm³/mol. The molecule has 3 aromatic rings. The van der Waals surface area contributed by atoms with Crippen LogP contribution in [0.3, 0.4) is 0 Å². The second-order valence-corrected chi connectivity index (χ2v) is 17.9. The predicted octanol–water partition coefficient (Wildman–Crippen LogP) is 5.30. The molecule has 45 heavy (non-hydrogen) atoms. The number of hydrogen-bond acceptors (Lipinski definition) is 9. The van der Waals surface area contributed by atoms with Gasteiger partial charge in [-0.15, -0.1) is 4.91 Å². The molecule has 0 spiro atoms. The molecule has 4 atom stereocenters. The molecule has 16 heteroatoms. The molecule has 4 unspecified atom stereocenters. The van der Waals surface area contributed by atoms with Gasteiger partial charge in [0.05, 0.1) is 16.3 Å². The van der Waals surface area contributed by atoms with Crippen LogP contribution in [0.2, 0.25) is 0 Å². The minimum Gasteiger partial charge on any atom is -0.301 e. The third-order valence-electron chi connectivity index (χ3n) is 8.53. The molecule has 246 valence electrons. The molecule has 2 heterocycles. The van der Waals surface area contributed by atoms with Crippen LogP contribution < -0.4 is 5.48 Å². The molecule has 0 aromatic heterocycles. The van der Waals surface area contributed by atoms with Crippen molar-refractivity contribution in [2.24, 2.45) is 28.8 Å². The average molecular weight is 683 g/mol. The number of nitrogens with zero attached hydrogens (tertiary/aromatic N) is 3. The number of nitroso groups, excluding NO2 is 1. The first-order chi connectivity index (χ1) is 21.0. The van der Waals surface area contributed by atoms with E-state index in [4.69, 9.17) is 0 Å². The SMILES string of the molecule is CC1CC(C)CN(S(=O)(=O)Cc2ccc3c(NOP(=O)(O)O)c4cc(S(=O)(=O)N5CC(C)CC(C)C5)ccc4c(N=O)c3c2)C1. The van der Waals surface area contributed by atoms with Crippen LogP contribution in [0.15, 0.2) is 46.5 Å². The molecular formula is C29H39N4O9PS2. The Kier molecular flexibility index (Phi) is 9.49. The number of sulfonamides is 2. The van der Waals surface area contributed by atoms with Crippen molar-refractivity contribution >= 4 is 60.8 Å². The summed E-state index contributed by atoms with van der Waals surface area (Å²) in [4.78, 5) is 31.1. The van der Waals surface area contributed by atoms with Crippen molar-refractivity contribution in [1.29, 1.82) is 0 Å². The summed E-state index contributed by atoms with van der Waals surface area (Å²) in [5, 5.41) is 3.98. The van der Waals surface area contributed by atoms with Crippen LogP contribution in [0.5, 0.6) is 0 Å². The molecule has 2 saturated heterocycles. The molecule has 0 amide bonds. The van der Waals surface area contributed by atoms with Crippen LogP contribution in [0, 0.1) is 28.6 Å². The highest BCUT2D eigenvalue weighted by molar-refractivity contribution is 7.89. The van der Waals surface area contributed by atoms with Gasteiger partial charge in [0.2, 0.25) is 20.0 Å². The van der Waals surface area contributed by atoms with Crippen LogP contribution in [-0.4, -0.2) is 61.4 Å². The van der Waals surface area contributed by atoms with Crippen molar-refractivity contribution < 1.29 is 35.8 Å². The normalized spacial score (nSPS) is 24.2.